The summed E-state index contributed by atoms with van der Waals surface area (Å²) < 4.78 is 5.75. The van der Waals surface area contributed by atoms with Crippen LogP contribution in [0.2, 0.25) is 0 Å². The highest BCUT2D eigenvalue weighted by Gasteiger charge is 2.20. The second-order valence-electron chi connectivity index (χ2n) is 4.93. The zero-order valence-corrected chi connectivity index (χ0v) is 15.0. The first-order valence-corrected chi connectivity index (χ1v) is 10.5. The predicted octanol–water partition coefficient (Wildman–Crippen LogP) is 5.73. The largest absolute Gasteiger partial charge is 0.321 e. The van der Waals surface area contributed by atoms with Crippen LogP contribution in [0.5, 0.6) is 0 Å². The molecule has 1 aromatic rings. The Kier molecular flexibility index (Phi) is 8.09. The van der Waals surface area contributed by atoms with Crippen LogP contribution in [-0.4, -0.2) is 18.2 Å². The molecule has 1 aromatic carbocycles. The van der Waals surface area contributed by atoms with Gasteiger partial charge in [0.1, 0.15) is 0 Å². The minimum absolute atomic E-state index is 0.396. The van der Waals surface area contributed by atoms with Crippen molar-refractivity contribution in [2.45, 2.75) is 45.8 Å². The number of hydrogen-bond donors (Lipinski definition) is 2. The summed E-state index contributed by atoms with van der Waals surface area (Å²) >= 11 is 1.58. The Morgan fingerprint density at radius 3 is 2.62 bits per heavy atom. The van der Waals surface area contributed by atoms with Gasteiger partial charge in [0.15, 0.2) is 0 Å². The van der Waals surface area contributed by atoms with Gasteiger partial charge in [-0.1, -0.05) is 49.8 Å². The van der Waals surface area contributed by atoms with Crippen LogP contribution in [0.1, 0.15) is 39.2 Å². The zero-order chi connectivity index (χ0) is 15.7. The molecule has 2 N–H and O–H groups in total. The lowest BCUT2D eigenvalue weighted by Gasteiger charge is -2.23. The molecule has 21 heavy (non-hydrogen) atoms. The summed E-state index contributed by atoms with van der Waals surface area (Å²) in [5, 5.41) is 12.0. The van der Waals surface area contributed by atoms with E-state index in [4.69, 9.17) is 9.69 Å². The van der Waals surface area contributed by atoms with Gasteiger partial charge in [-0.05, 0) is 31.9 Å². The maximum Gasteiger partial charge on any atom is 0.232 e. The first kappa shape index (κ1) is 18.3. The van der Waals surface area contributed by atoms with E-state index in [0.717, 1.165) is 18.5 Å². The number of benzene rings is 1. The van der Waals surface area contributed by atoms with Gasteiger partial charge in [-0.3, -0.25) is 5.16 Å². The van der Waals surface area contributed by atoms with Crippen molar-refractivity contribution in [3.63, 3.8) is 0 Å². The summed E-state index contributed by atoms with van der Waals surface area (Å²) in [6.45, 7) is 6.52. The van der Waals surface area contributed by atoms with Crippen molar-refractivity contribution in [2.24, 2.45) is 4.99 Å². The molecule has 0 radical (unpaired) electrons. The highest BCUT2D eigenvalue weighted by molar-refractivity contribution is 8.56. The van der Waals surface area contributed by atoms with Crippen molar-refractivity contribution >= 4 is 30.0 Å². The van der Waals surface area contributed by atoms with Crippen LogP contribution in [-0.2, 0) is 4.52 Å². The molecule has 0 spiro atoms. The van der Waals surface area contributed by atoms with Crippen molar-refractivity contribution in [3.05, 3.63) is 29.8 Å². The van der Waals surface area contributed by atoms with E-state index in [1.807, 2.05) is 31.2 Å². The molecule has 0 saturated carbocycles. The molecular formula is C15H26N3OPS. The lowest BCUT2D eigenvalue weighted by Crippen LogP contribution is -2.10. The average molecular weight is 327 g/mol. The average Bonchev–Trinajstić information content (AvgIpc) is 2.47. The second kappa shape index (κ2) is 9.29. The number of nitrogens with zero attached hydrogens (tertiary/aromatic N) is 1. The molecule has 2 unspecified atom stereocenters. The van der Waals surface area contributed by atoms with Gasteiger partial charge in [-0.25, -0.2) is 4.99 Å². The van der Waals surface area contributed by atoms with Crippen LogP contribution in [0, 0.1) is 12.1 Å². The maximum atomic E-state index is 8.51. The summed E-state index contributed by atoms with van der Waals surface area (Å²) in [5.41, 5.74) is 2.09. The molecule has 0 aromatic heterocycles. The molecule has 0 fully saturated rings. The Morgan fingerprint density at radius 1 is 1.38 bits per heavy atom. The summed E-state index contributed by atoms with van der Waals surface area (Å²) in [6, 6.07) is 7.98. The van der Waals surface area contributed by atoms with Crippen LogP contribution in [0.3, 0.4) is 0 Å². The molecule has 0 amide bonds. The standard InChI is InChI=1S/C15H26N3OPS/c1-5-11-19-20(16,21-14(4)6-2)18-12-17-15-9-7-13(3)8-10-15/h7-10,12,14H,5-6,11H2,1-4H3,(H2,16,17,18). The monoisotopic (exact) mass is 327 g/mol. The van der Waals surface area contributed by atoms with Crippen molar-refractivity contribution < 1.29 is 4.52 Å². The topological polar surface area (TPSA) is 57.5 Å². The van der Waals surface area contributed by atoms with Crippen molar-refractivity contribution in [2.75, 3.05) is 6.61 Å². The fraction of sp³-hybridized carbons (Fsp3) is 0.533. The third kappa shape index (κ3) is 7.16. The van der Waals surface area contributed by atoms with E-state index < -0.39 is 6.63 Å². The van der Waals surface area contributed by atoms with E-state index in [1.165, 1.54) is 5.56 Å². The van der Waals surface area contributed by atoms with Crippen LogP contribution in [0.25, 0.3) is 0 Å². The minimum atomic E-state index is -2.44. The van der Waals surface area contributed by atoms with Gasteiger partial charge in [-0.15, -0.1) is 0 Å². The summed E-state index contributed by atoms with van der Waals surface area (Å²) in [6.07, 6.45) is 3.55. The Labute approximate surface area is 132 Å². The van der Waals surface area contributed by atoms with Gasteiger partial charge in [0.2, 0.25) is 6.63 Å². The Balaban J connectivity index is 2.67. The molecule has 6 heteroatoms. The highest BCUT2D eigenvalue weighted by atomic mass is 32.7. The van der Waals surface area contributed by atoms with Crippen LogP contribution in [0.15, 0.2) is 29.3 Å². The molecule has 1 rings (SSSR count). The molecular weight excluding hydrogens is 301 g/mol. The molecule has 0 heterocycles. The molecule has 0 aliphatic rings. The van der Waals surface area contributed by atoms with Crippen molar-refractivity contribution in [1.82, 2.24) is 5.09 Å². The number of aliphatic imine (C=N–C) groups is 1. The number of aryl methyl sites for hydroxylation is 1. The Hall–Kier alpha value is -0.770. The van der Waals surface area contributed by atoms with Gasteiger partial charge < -0.3 is 9.61 Å². The number of rotatable bonds is 9. The Bertz CT molecular complexity index is 490. The first-order chi connectivity index (χ1) is 9.99. The second-order valence-corrected chi connectivity index (χ2v) is 9.74. The zero-order valence-electron chi connectivity index (χ0n) is 13.3. The Morgan fingerprint density at radius 2 is 2.05 bits per heavy atom. The fourth-order valence-electron chi connectivity index (χ4n) is 1.46. The highest BCUT2D eigenvalue weighted by Crippen LogP contribution is 2.58. The van der Waals surface area contributed by atoms with Crippen LogP contribution in [0.4, 0.5) is 5.69 Å². The smallest absolute Gasteiger partial charge is 0.232 e. The van der Waals surface area contributed by atoms with Crippen molar-refractivity contribution in [1.29, 1.82) is 5.16 Å². The molecule has 118 valence electrons. The summed E-state index contributed by atoms with van der Waals surface area (Å²) in [7, 11) is 0. The molecule has 0 aliphatic heterocycles. The summed E-state index contributed by atoms with van der Waals surface area (Å²) in [5.74, 6) is 0. The normalized spacial score (nSPS) is 15.8. The third-order valence-corrected chi connectivity index (χ3v) is 7.45. The van der Waals surface area contributed by atoms with Gasteiger partial charge in [0, 0.05) is 5.25 Å². The summed E-state index contributed by atoms with van der Waals surface area (Å²) in [4.78, 5) is 4.35. The lowest BCUT2D eigenvalue weighted by molar-refractivity contribution is 0.350. The number of nitrogens with one attached hydrogen (secondary N) is 2. The van der Waals surface area contributed by atoms with Gasteiger partial charge in [0.25, 0.3) is 0 Å². The van der Waals surface area contributed by atoms with E-state index in [1.54, 1.807) is 17.7 Å². The first-order valence-electron chi connectivity index (χ1n) is 7.33. The maximum absolute atomic E-state index is 8.51. The van der Waals surface area contributed by atoms with E-state index in [-0.39, 0.29) is 0 Å². The molecule has 0 saturated heterocycles. The van der Waals surface area contributed by atoms with E-state index in [9.17, 15) is 0 Å². The van der Waals surface area contributed by atoms with Gasteiger partial charge >= 0.3 is 0 Å². The molecule has 2 atom stereocenters. The SMILES string of the molecule is CCCOP(=N)(NC=Nc1ccc(C)cc1)SC(C)CC. The molecule has 0 bridgehead atoms. The van der Waals surface area contributed by atoms with E-state index >= 15 is 0 Å². The fourth-order valence-corrected chi connectivity index (χ4v) is 5.66. The molecule has 0 aliphatic carbocycles. The third-order valence-electron chi connectivity index (χ3n) is 2.86. The van der Waals surface area contributed by atoms with Gasteiger partial charge in [-0.2, -0.15) is 0 Å². The van der Waals surface area contributed by atoms with E-state index in [2.05, 4.69) is 30.9 Å². The number of hydrogen-bond acceptors (Lipinski definition) is 4. The van der Waals surface area contributed by atoms with Gasteiger partial charge in [0.05, 0.1) is 18.6 Å². The quantitative estimate of drug-likeness (QED) is 0.346. The minimum Gasteiger partial charge on any atom is -0.321 e. The molecule has 4 nitrogen and oxygen atoms in total. The van der Waals surface area contributed by atoms with E-state index in [0.29, 0.717) is 11.9 Å². The van der Waals surface area contributed by atoms with Crippen molar-refractivity contribution in [3.8, 4) is 0 Å². The predicted molar refractivity (Wildman–Crippen MR) is 95.7 cm³/mol. The lowest BCUT2D eigenvalue weighted by atomic mass is 10.2. The van der Waals surface area contributed by atoms with Crippen LogP contribution < -0.4 is 5.09 Å². The van der Waals surface area contributed by atoms with Crippen LogP contribution >= 0.6 is 18.0 Å².